The summed E-state index contributed by atoms with van der Waals surface area (Å²) in [6, 6.07) is 8.26. The molecule has 90 valence electrons. The first-order chi connectivity index (χ1) is 8.16. The van der Waals surface area contributed by atoms with Gasteiger partial charge in [-0.2, -0.15) is 0 Å². The number of halogens is 1. The van der Waals surface area contributed by atoms with Gasteiger partial charge in [0.1, 0.15) is 11.6 Å². The van der Waals surface area contributed by atoms with Crippen molar-refractivity contribution < 1.29 is 0 Å². The van der Waals surface area contributed by atoms with Crippen molar-refractivity contribution in [2.24, 2.45) is 7.05 Å². The van der Waals surface area contributed by atoms with Gasteiger partial charge in [-0.3, -0.25) is 0 Å². The van der Waals surface area contributed by atoms with Gasteiger partial charge in [-0.15, -0.1) is 10.2 Å². The summed E-state index contributed by atoms with van der Waals surface area (Å²) in [4.78, 5) is 0. The number of hydrogen-bond donors (Lipinski definition) is 1. The van der Waals surface area contributed by atoms with Crippen LogP contribution in [0.15, 0.2) is 28.7 Å². The molecule has 0 aliphatic carbocycles. The number of nitrogens with one attached hydrogen (secondary N) is 1. The van der Waals surface area contributed by atoms with Crippen LogP contribution in [0.2, 0.25) is 0 Å². The molecule has 0 atom stereocenters. The summed E-state index contributed by atoms with van der Waals surface area (Å²) >= 11 is 3.46. The van der Waals surface area contributed by atoms with Crippen LogP contribution < -0.4 is 5.32 Å². The third-order valence-electron chi connectivity index (χ3n) is 2.68. The lowest BCUT2D eigenvalue weighted by atomic mass is 10.2. The average Bonchev–Trinajstić information content (AvgIpc) is 2.61. The molecule has 0 unspecified atom stereocenters. The van der Waals surface area contributed by atoms with Crippen LogP contribution in [0.3, 0.4) is 0 Å². The van der Waals surface area contributed by atoms with Crippen molar-refractivity contribution in [2.75, 3.05) is 0 Å². The third kappa shape index (κ3) is 3.14. The maximum Gasteiger partial charge on any atom is 0.146 e. The summed E-state index contributed by atoms with van der Waals surface area (Å²) in [5, 5.41) is 11.5. The molecule has 0 spiro atoms. The van der Waals surface area contributed by atoms with Crippen LogP contribution in [-0.4, -0.2) is 14.8 Å². The molecule has 0 radical (unpaired) electrons. The number of hydrogen-bond acceptors (Lipinski definition) is 3. The van der Waals surface area contributed by atoms with Crippen LogP contribution in [0.1, 0.15) is 17.2 Å². The quantitative estimate of drug-likeness (QED) is 0.940. The molecule has 1 aromatic carbocycles. The fourth-order valence-electron chi connectivity index (χ4n) is 1.57. The molecule has 0 saturated carbocycles. The molecule has 0 saturated heterocycles. The van der Waals surface area contributed by atoms with Gasteiger partial charge in [0, 0.05) is 18.1 Å². The van der Waals surface area contributed by atoms with Gasteiger partial charge < -0.3 is 9.88 Å². The van der Waals surface area contributed by atoms with Crippen molar-refractivity contribution in [3.63, 3.8) is 0 Å². The SMILES string of the molecule is Cc1nnc(CNCc2cccc(Br)c2)n1C. The molecule has 0 fully saturated rings. The Labute approximate surface area is 109 Å². The minimum absolute atomic E-state index is 0.726. The highest BCUT2D eigenvalue weighted by Gasteiger charge is 2.03. The molecule has 2 aromatic rings. The van der Waals surface area contributed by atoms with E-state index in [1.807, 2.05) is 30.7 Å². The molecule has 17 heavy (non-hydrogen) atoms. The van der Waals surface area contributed by atoms with Crippen LogP contribution in [0, 0.1) is 6.92 Å². The molecule has 5 heteroatoms. The van der Waals surface area contributed by atoms with E-state index < -0.39 is 0 Å². The lowest BCUT2D eigenvalue weighted by Gasteiger charge is -2.05. The molecular formula is C12H15BrN4. The first-order valence-electron chi connectivity index (χ1n) is 5.47. The summed E-state index contributed by atoms with van der Waals surface area (Å²) < 4.78 is 3.10. The van der Waals surface area contributed by atoms with E-state index in [2.05, 4.69) is 43.6 Å². The fourth-order valence-corrected chi connectivity index (χ4v) is 2.02. The summed E-state index contributed by atoms with van der Waals surface area (Å²) in [5.74, 6) is 1.89. The van der Waals surface area contributed by atoms with E-state index in [4.69, 9.17) is 0 Å². The number of rotatable bonds is 4. The molecule has 1 heterocycles. The van der Waals surface area contributed by atoms with Crippen LogP contribution in [-0.2, 0) is 20.1 Å². The Morgan fingerprint density at radius 3 is 2.76 bits per heavy atom. The standard InChI is InChI=1S/C12H15BrN4/c1-9-15-16-12(17(9)2)8-14-7-10-4-3-5-11(13)6-10/h3-6,14H,7-8H2,1-2H3. The van der Waals surface area contributed by atoms with Gasteiger partial charge in [0.25, 0.3) is 0 Å². The first kappa shape index (κ1) is 12.3. The monoisotopic (exact) mass is 294 g/mol. The molecule has 0 bridgehead atoms. The highest BCUT2D eigenvalue weighted by Crippen LogP contribution is 2.11. The van der Waals surface area contributed by atoms with Crippen molar-refractivity contribution in [3.05, 3.63) is 46.0 Å². The predicted molar refractivity (Wildman–Crippen MR) is 70.4 cm³/mol. The number of nitrogens with zero attached hydrogens (tertiary/aromatic N) is 3. The van der Waals surface area contributed by atoms with Crippen molar-refractivity contribution in [1.29, 1.82) is 0 Å². The minimum Gasteiger partial charge on any atom is -0.317 e. The van der Waals surface area contributed by atoms with Crippen molar-refractivity contribution >= 4 is 15.9 Å². The topological polar surface area (TPSA) is 42.7 Å². The van der Waals surface area contributed by atoms with E-state index in [9.17, 15) is 0 Å². The summed E-state index contributed by atoms with van der Waals surface area (Å²) in [7, 11) is 1.98. The first-order valence-corrected chi connectivity index (χ1v) is 6.26. The van der Waals surface area contributed by atoms with Crippen molar-refractivity contribution in [2.45, 2.75) is 20.0 Å². The lowest BCUT2D eigenvalue weighted by Crippen LogP contribution is -2.16. The van der Waals surface area contributed by atoms with Gasteiger partial charge in [-0.25, -0.2) is 0 Å². The predicted octanol–water partition coefficient (Wildman–Crippen LogP) is 2.18. The average molecular weight is 295 g/mol. The Bertz CT molecular complexity index is 507. The Balaban J connectivity index is 1.90. The zero-order chi connectivity index (χ0) is 12.3. The molecule has 1 aromatic heterocycles. The van der Waals surface area contributed by atoms with Crippen LogP contribution in [0.25, 0.3) is 0 Å². The van der Waals surface area contributed by atoms with E-state index >= 15 is 0 Å². The maximum atomic E-state index is 4.11. The summed E-state index contributed by atoms with van der Waals surface area (Å²) in [6.45, 7) is 3.50. The number of aryl methyl sites for hydroxylation is 1. The Morgan fingerprint density at radius 1 is 1.29 bits per heavy atom. The zero-order valence-electron chi connectivity index (χ0n) is 9.94. The van der Waals surface area contributed by atoms with Gasteiger partial charge in [-0.05, 0) is 24.6 Å². The second-order valence-electron chi connectivity index (χ2n) is 3.96. The largest absolute Gasteiger partial charge is 0.317 e. The molecule has 0 aliphatic rings. The van der Waals surface area contributed by atoms with Crippen LogP contribution in [0.4, 0.5) is 0 Å². The second kappa shape index (κ2) is 5.42. The maximum absolute atomic E-state index is 4.11. The zero-order valence-corrected chi connectivity index (χ0v) is 11.5. The Morgan fingerprint density at radius 2 is 2.12 bits per heavy atom. The van der Waals surface area contributed by atoms with Crippen molar-refractivity contribution in [3.8, 4) is 0 Å². The lowest BCUT2D eigenvalue weighted by molar-refractivity contribution is 0.634. The van der Waals surface area contributed by atoms with Gasteiger partial charge in [0.2, 0.25) is 0 Å². The molecule has 1 N–H and O–H groups in total. The normalized spacial score (nSPS) is 10.8. The van der Waals surface area contributed by atoms with Gasteiger partial charge in [-0.1, -0.05) is 28.1 Å². The highest BCUT2D eigenvalue weighted by molar-refractivity contribution is 9.10. The minimum atomic E-state index is 0.726. The Kier molecular flexibility index (Phi) is 3.91. The van der Waals surface area contributed by atoms with Crippen LogP contribution >= 0.6 is 15.9 Å². The van der Waals surface area contributed by atoms with E-state index in [1.165, 1.54) is 5.56 Å². The third-order valence-corrected chi connectivity index (χ3v) is 3.18. The van der Waals surface area contributed by atoms with E-state index in [0.29, 0.717) is 0 Å². The van der Waals surface area contributed by atoms with Gasteiger partial charge in [0.05, 0.1) is 6.54 Å². The van der Waals surface area contributed by atoms with Gasteiger partial charge in [0.15, 0.2) is 0 Å². The number of benzene rings is 1. The fraction of sp³-hybridized carbons (Fsp3) is 0.333. The molecule has 4 nitrogen and oxygen atoms in total. The molecular weight excluding hydrogens is 280 g/mol. The second-order valence-corrected chi connectivity index (χ2v) is 4.87. The molecule has 0 amide bonds. The molecule has 2 rings (SSSR count). The summed E-state index contributed by atoms with van der Waals surface area (Å²) in [5.41, 5.74) is 1.25. The van der Waals surface area contributed by atoms with Crippen molar-refractivity contribution in [1.82, 2.24) is 20.1 Å². The summed E-state index contributed by atoms with van der Waals surface area (Å²) in [6.07, 6.45) is 0. The highest BCUT2D eigenvalue weighted by atomic mass is 79.9. The smallest absolute Gasteiger partial charge is 0.146 e. The van der Waals surface area contributed by atoms with Crippen LogP contribution in [0.5, 0.6) is 0 Å². The Hall–Kier alpha value is -1.20. The number of aromatic nitrogens is 3. The van der Waals surface area contributed by atoms with E-state index in [1.54, 1.807) is 0 Å². The van der Waals surface area contributed by atoms with Gasteiger partial charge >= 0.3 is 0 Å². The molecule has 0 aliphatic heterocycles. The van der Waals surface area contributed by atoms with E-state index in [-0.39, 0.29) is 0 Å². The van der Waals surface area contributed by atoms with E-state index in [0.717, 1.165) is 29.2 Å².